The smallest absolute Gasteiger partial charge is 0.282 e. The third-order valence-electron chi connectivity index (χ3n) is 3.39. The van der Waals surface area contributed by atoms with E-state index in [1.54, 1.807) is 13.2 Å². The van der Waals surface area contributed by atoms with Gasteiger partial charge in [0, 0.05) is 33.4 Å². The molecule has 0 radical (unpaired) electrons. The Hall–Kier alpha value is -1.82. The van der Waals surface area contributed by atoms with Crippen molar-refractivity contribution in [2.45, 2.75) is 13.5 Å². The van der Waals surface area contributed by atoms with E-state index in [1.165, 1.54) is 21.5 Å². The molecule has 112 valence electrons. The summed E-state index contributed by atoms with van der Waals surface area (Å²) in [5, 5.41) is 7.27. The molecule has 5 nitrogen and oxygen atoms in total. The van der Waals surface area contributed by atoms with E-state index in [2.05, 4.69) is 56.4 Å². The van der Waals surface area contributed by atoms with Crippen molar-refractivity contribution in [1.82, 2.24) is 9.78 Å². The summed E-state index contributed by atoms with van der Waals surface area (Å²) in [4.78, 5) is 13.9. The second-order valence-electron chi connectivity index (χ2n) is 5.16. The lowest BCUT2D eigenvalue weighted by Gasteiger charge is -2.16. The van der Waals surface area contributed by atoms with Gasteiger partial charge in [0.05, 0.1) is 11.9 Å². The molecular weight excluding hydrogens is 332 g/mol. The second kappa shape index (κ2) is 6.30. The third-order valence-corrected chi connectivity index (χ3v) is 4.16. The van der Waals surface area contributed by atoms with Gasteiger partial charge in [0.2, 0.25) is 0 Å². The first-order valence-electron chi connectivity index (χ1n) is 6.62. The number of nitrogens with one attached hydrogen (secondary N) is 1. The molecule has 0 aliphatic carbocycles. The maximum Gasteiger partial charge on any atom is 0.282 e. The van der Waals surface area contributed by atoms with E-state index in [0.29, 0.717) is 16.7 Å². The zero-order valence-corrected chi connectivity index (χ0v) is 14.2. The SMILES string of the molecule is Cc1cc(N(C)C)ccc1CNc1cnn(C)c(=O)c1Br. The Morgan fingerprint density at radius 2 is 2.10 bits per heavy atom. The van der Waals surface area contributed by atoms with Gasteiger partial charge in [-0.2, -0.15) is 5.10 Å². The van der Waals surface area contributed by atoms with E-state index in [4.69, 9.17) is 0 Å². The zero-order chi connectivity index (χ0) is 15.6. The van der Waals surface area contributed by atoms with Gasteiger partial charge in [-0.3, -0.25) is 4.79 Å². The number of halogens is 1. The fourth-order valence-corrected chi connectivity index (χ4v) is 2.48. The largest absolute Gasteiger partial charge is 0.379 e. The minimum Gasteiger partial charge on any atom is -0.379 e. The predicted molar refractivity (Wildman–Crippen MR) is 90.0 cm³/mol. The molecule has 0 bridgehead atoms. The van der Waals surface area contributed by atoms with Crippen LogP contribution in [-0.2, 0) is 13.6 Å². The number of benzene rings is 1. The summed E-state index contributed by atoms with van der Waals surface area (Å²) in [6, 6.07) is 6.33. The second-order valence-corrected chi connectivity index (χ2v) is 5.95. The van der Waals surface area contributed by atoms with E-state index in [-0.39, 0.29) is 5.56 Å². The molecule has 0 saturated heterocycles. The molecule has 0 fully saturated rings. The van der Waals surface area contributed by atoms with E-state index >= 15 is 0 Å². The molecule has 0 amide bonds. The van der Waals surface area contributed by atoms with Crippen molar-refractivity contribution in [2.75, 3.05) is 24.3 Å². The number of hydrogen-bond acceptors (Lipinski definition) is 4. The van der Waals surface area contributed by atoms with Gasteiger partial charge in [0.1, 0.15) is 4.47 Å². The fourth-order valence-electron chi connectivity index (χ4n) is 1.98. The van der Waals surface area contributed by atoms with E-state index in [0.717, 1.165) is 0 Å². The van der Waals surface area contributed by atoms with E-state index in [9.17, 15) is 4.79 Å². The zero-order valence-electron chi connectivity index (χ0n) is 12.6. The van der Waals surface area contributed by atoms with Crippen molar-refractivity contribution >= 4 is 27.3 Å². The number of nitrogens with zero attached hydrogens (tertiary/aromatic N) is 3. The minimum atomic E-state index is -0.153. The molecule has 1 aromatic carbocycles. The quantitative estimate of drug-likeness (QED) is 0.920. The maximum atomic E-state index is 11.8. The molecule has 1 aromatic heterocycles. The average molecular weight is 351 g/mol. The Labute approximate surface area is 132 Å². The first kappa shape index (κ1) is 15.6. The van der Waals surface area contributed by atoms with Crippen LogP contribution in [0.3, 0.4) is 0 Å². The third kappa shape index (κ3) is 3.44. The van der Waals surface area contributed by atoms with Crippen molar-refractivity contribution < 1.29 is 0 Å². The Bertz CT molecular complexity index is 709. The predicted octanol–water partition coefficient (Wildman–Crippen LogP) is 2.53. The van der Waals surface area contributed by atoms with Gasteiger partial charge in [0.25, 0.3) is 5.56 Å². The van der Waals surface area contributed by atoms with Gasteiger partial charge in [-0.25, -0.2) is 4.68 Å². The minimum absolute atomic E-state index is 0.153. The highest BCUT2D eigenvalue weighted by Gasteiger charge is 2.07. The van der Waals surface area contributed by atoms with Crippen LogP contribution in [-0.4, -0.2) is 23.9 Å². The lowest BCUT2D eigenvalue weighted by molar-refractivity contribution is 0.703. The number of rotatable bonds is 4. The Balaban J connectivity index is 2.17. The number of anilines is 2. The highest BCUT2D eigenvalue weighted by atomic mass is 79.9. The summed E-state index contributed by atoms with van der Waals surface area (Å²) in [5.74, 6) is 0. The Morgan fingerprint density at radius 1 is 1.38 bits per heavy atom. The Morgan fingerprint density at radius 3 is 2.71 bits per heavy atom. The molecule has 0 atom stereocenters. The molecule has 6 heteroatoms. The van der Waals surface area contributed by atoms with E-state index in [1.807, 2.05) is 14.1 Å². The Kier molecular flexibility index (Phi) is 4.67. The van der Waals surface area contributed by atoms with Crippen molar-refractivity contribution in [3.8, 4) is 0 Å². The van der Waals surface area contributed by atoms with Gasteiger partial charge in [0.15, 0.2) is 0 Å². The van der Waals surface area contributed by atoms with E-state index < -0.39 is 0 Å². The first-order valence-corrected chi connectivity index (χ1v) is 7.42. The van der Waals surface area contributed by atoms with Crippen molar-refractivity contribution in [3.05, 3.63) is 50.3 Å². The van der Waals surface area contributed by atoms with Gasteiger partial charge in [-0.15, -0.1) is 0 Å². The van der Waals surface area contributed by atoms with Crippen LogP contribution < -0.4 is 15.8 Å². The van der Waals surface area contributed by atoms with Crippen molar-refractivity contribution in [2.24, 2.45) is 7.05 Å². The molecule has 0 spiro atoms. The van der Waals surface area contributed by atoms with Crippen LogP contribution in [0.4, 0.5) is 11.4 Å². The molecule has 0 unspecified atom stereocenters. The van der Waals surface area contributed by atoms with Gasteiger partial charge in [-0.05, 0) is 46.1 Å². The van der Waals surface area contributed by atoms with Crippen LogP contribution in [0.2, 0.25) is 0 Å². The molecule has 2 rings (SSSR count). The summed E-state index contributed by atoms with van der Waals surface area (Å²) in [6.07, 6.45) is 1.65. The fraction of sp³-hybridized carbons (Fsp3) is 0.333. The van der Waals surface area contributed by atoms with Gasteiger partial charge in [-0.1, -0.05) is 6.07 Å². The van der Waals surface area contributed by atoms with Crippen LogP contribution in [0.15, 0.2) is 33.7 Å². The summed E-state index contributed by atoms with van der Waals surface area (Å²) >= 11 is 3.31. The topological polar surface area (TPSA) is 50.2 Å². The number of aromatic nitrogens is 2. The summed E-state index contributed by atoms with van der Waals surface area (Å²) < 4.78 is 1.80. The molecule has 0 aliphatic heterocycles. The average Bonchev–Trinajstić information content (AvgIpc) is 2.45. The highest BCUT2D eigenvalue weighted by molar-refractivity contribution is 9.10. The molecule has 1 heterocycles. The van der Waals surface area contributed by atoms with Gasteiger partial charge >= 0.3 is 0 Å². The van der Waals surface area contributed by atoms with Crippen molar-refractivity contribution in [3.63, 3.8) is 0 Å². The van der Waals surface area contributed by atoms with Gasteiger partial charge < -0.3 is 10.2 Å². The molecule has 2 aromatic rings. The monoisotopic (exact) mass is 350 g/mol. The lowest BCUT2D eigenvalue weighted by atomic mass is 10.1. The summed E-state index contributed by atoms with van der Waals surface area (Å²) in [6.45, 7) is 2.73. The first-order chi connectivity index (χ1) is 9.90. The van der Waals surface area contributed by atoms with Crippen molar-refractivity contribution in [1.29, 1.82) is 0 Å². The van der Waals surface area contributed by atoms with Crippen LogP contribution in [0.5, 0.6) is 0 Å². The molecular formula is C15H19BrN4O. The molecule has 1 N–H and O–H groups in total. The maximum absolute atomic E-state index is 11.8. The molecule has 0 aliphatic rings. The normalized spacial score (nSPS) is 10.5. The van der Waals surface area contributed by atoms with Crippen LogP contribution in [0.1, 0.15) is 11.1 Å². The van der Waals surface area contributed by atoms with Crippen LogP contribution in [0.25, 0.3) is 0 Å². The summed E-state index contributed by atoms with van der Waals surface area (Å²) in [7, 11) is 5.67. The molecule has 0 saturated carbocycles. The number of hydrogen-bond donors (Lipinski definition) is 1. The molecule has 21 heavy (non-hydrogen) atoms. The van der Waals surface area contributed by atoms with Crippen LogP contribution in [0, 0.1) is 6.92 Å². The summed E-state index contributed by atoms with van der Waals surface area (Å²) in [5.41, 5.74) is 4.12. The van der Waals surface area contributed by atoms with Crippen LogP contribution >= 0.6 is 15.9 Å². The number of aryl methyl sites for hydroxylation is 2. The standard InChI is InChI=1S/C15H19BrN4O/c1-10-7-12(19(2)3)6-5-11(10)8-17-13-9-18-20(4)15(21)14(13)16/h5-7,9,17H,8H2,1-4H3. The lowest BCUT2D eigenvalue weighted by Crippen LogP contribution is -2.21. The highest BCUT2D eigenvalue weighted by Crippen LogP contribution is 2.20.